The van der Waals surface area contributed by atoms with E-state index in [-0.39, 0.29) is 5.75 Å². The van der Waals surface area contributed by atoms with Crippen LogP contribution in [0.15, 0.2) is 117 Å². The van der Waals surface area contributed by atoms with Gasteiger partial charge < -0.3 is 18.9 Å². The minimum atomic E-state index is -0.644. The standard InChI is InChI=1S/C28H21FO6/c1-3-27(30)34-17-15-32-24-12-9-21(10-13-24)20-5-7-22(8-6-20)23-11-14-26(25(29)19-23)33-16-18-35-28(31)4-2/h3-19H,1-2H2. The van der Waals surface area contributed by atoms with Gasteiger partial charge in [0.1, 0.15) is 30.8 Å². The predicted octanol–water partition coefficient (Wildman–Crippen LogP) is 6.32. The first-order chi connectivity index (χ1) is 17.0. The smallest absolute Gasteiger partial charge is 0.335 e. The molecular formula is C28H21FO6. The van der Waals surface area contributed by atoms with Gasteiger partial charge in [0.25, 0.3) is 0 Å². The van der Waals surface area contributed by atoms with Crippen LogP contribution >= 0.6 is 0 Å². The Morgan fingerprint density at radius 1 is 0.629 bits per heavy atom. The number of hydrogen-bond acceptors (Lipinski definition) is 6. The van der Waals surface area contributed by atoms with Gasteiger partial charge >= 0.3 is 11.9 Å². The van der Waals surface area contributed by atoms with Gasteiger partial charge in [0.2, 0.25) is 0 Å². The van der Waals surface area contributed by atoms with Crippen molar-refractivity contribution in [3.05, 3.63) is 123 Å². The molecular weight excluding hydrogens is 451 g/mol. The molecule has 3 rings (SSSR count). The van der Waals surface area contributed by atoms with Crippen molar-refractivity contribution in [2.45, 2.75) is 0 Å². The largest absolute Gasteiger partial charge is 0.462 e. The molecule has 35 heavy (non-hydrogen) atoms. The number of halogens is 1. The maximum Gasteiger partial charge on any atom is 0.335 e. The summed E-state index contributed by atoms with van der Waals surface area (Å²) >= 11 is 0. The van der Waals surface area contributed by atoms with Crippen LogP contribution in [-0.2, 0) is 19.1 Å². The lowest BCUT2D eigenvalue weighted by Gasteiger charge is -2.08. The molecule has 0 heterocycles. The number of hydrogen-bond donors (Lipinski definition) is 0. The lowest BCUT2D eigenvalue weighted by molar-refractivity contribution is -0.133. The Hall–Kier alpha value is -4.91. The van der Waals surface area contributed by atoms with Crippen LogP contribution in [0, 0.1) is 5.82 Å². The van der Waals surface area contributed by atoms with E-state index in [0.717, 1.165) is 47.6 Å². The van der Waals surface area contributed by atoms with Crippen LogP contribution in [0.1, 0.15) is 0 Å². The average molecular weight is 472 g/mol. The molecule has 176 valence electrons. The van der Waals surface area contributed by atoms with Gasteiger partial charge in [-0.3, -0.25) is 0 Å². The van der Waals surface area contributed by atoms with Gasteiger partial charge in [-0.1, -0.05) is 55.6 Å². The van der Waals surface area contributed by atoms with E-state index in [9.17, 15) is 14.0 Å². The lowest BCUT2D eigenvalue weighted by atomic mass is 10.00. The van der Waals surface area contributed by atoms with Crippen LogP contribution < -0.4 is 9.47 Å². The van der Waals surface area contributed by atoms with Gasteiger partial charge in [-0.05, 0) is 46.5 Å². The third kappa shape index (κ3) is 7.30. The van der Waals surface area contributed by atoms with Crippen LogP contribution in [-0.4, -0.2) is 11.9 Å². The molecule has 0 bridgehead atoms. The topological polar surface area (TPSA) is 71.1 Å². The third-order valence-corrected chi connectivity index (χ3v) is 4.55. The summed E-state index contributed by atoms with van der Waals surface area (Å²) in [7, 11) is 0. The maximum atomic E-state index is 14.4. The number of carbonyl (C=O) groups is 2. The highest BCUT2D eigenvalue weighted by Crippen LogP contribution is 2.29. The summed E-state index contributed by atoms with van der Waals surface area (Å²) in [6, 6.07) is 19.6. The van der Waals surface area contributed by atoms with Gasteiger partial charge in [0.05, 0.1) is 0 Å². The third-order valence-electron chi connectivity index (χ3n) is 4.55. The van der Waals surface area contributed by atoms with E-state index in [4.69, 9.17) is 9.47 Å². The van der Waals surface area contributed by atoms with Crippen molar-refractivity contribution in [1.29, 1.82) is 0 Å². The Morgan fingerprint density at radius 2 is 1.09 bits per heavy atom. The molecule has 7 heteroatoms. The summed E-state index contributed by atoms with van der Waals surface area (Å²) in [4.78, 5) is 21.9. The fourth-order valence-corrected chi connectivity index (χ4v) is 2.85. The van der Waals surface area contributed by atoms with E-state index in [1.807, 2.05) is 36.4 Å². The van der Waals surface area contributed by atoms with Gasteiger partial charge in [-0.2, -0.15) is 0 Å². The molecule has 3 aromatic rings. The Kier molecular flexibility index (Phi) is 8.73. The molecule has 0 radical (unpaired) electrons. The molecule has 0 saturated carbocycles. The van der Waals surface area contributed by atoms with E-state index < -0.39 is 17.8 Å². The molecule has 3 aromatic carbocycles. The molecule has 0 aliphatic carbocycles. The first-order valence-electron chi connectivity index (χ1n) is 10.3. The van der Waals surface area contributed by atoms with Gasteiger partial charge in [-0.15, -0.1) is 0 Å². The Labute approximate surface area is 201 Å². The quantitative estimate of drug-likeness (QED) is 0.195. The van der Waals surface area contributed by atoms with E-state index in [0.29, 0.717) is 11.3 Å². The maximum absolute atomic E-state index is 14.4. The summed E-state index contributed by atoms with van der Waals surface area (Å²) < 4.78 is 34.2. The van der Waals surface area contributed by atoms with Crippen molar-refractivity contribution in [2.24, 2.45) is 0 Å². The number of ether oxygens (including phenoxy) is 4. The number of benzene rings is 3. The molecule has 0 fully saturated rings. The molecule has 0 unspecified atom stereocenters. The van der Waals surface area contributed by atoms with Crippen LogP contribution in [0.3, 0.4) is 0 Å². The fraction of sp³-hybridized carbons (Fsp3) is 0. The Morgan fingerprint density at radius 3 is 1.60 bits per heavy atom. The molecule has 0 aliphatic heterocycles. The zero-order valence-corrected chi connectivity index (χ0v) is 18.6. The van der Waals surface area contributed by atoms with Crippen LogP contribution in [0.4, 0.5) is 4.39 Å². The van der Waals surface area contributed by atoms with Crippen molar-refractivity contribution in [1.82, 2.24) is 0 Å². The van der Waals surface area contributed by atoms with Gasteiger partial charge in [-0.25, -0.2) is 14.0 Å². The number of esters is 2. The SMILES string of the molecule is C=CC(=O)OC=COc1ccc(-c2ccc(-c3ccc(OC=COC(=O)C=C)c(F)c3)cc2)cc1. The van der Waals surface area contributed by atoms with Crippen molar-refractivity contribution in [3.63, 3.8) is 0 Å². The Balaban J connectivity index is 1.61. The van der Waals surface area contributed by atoms with Crippen molar-refractivity contribution >= 4 is 11.9 Å². The molecule has 0 N–H and O–H groups in total. The summed E-state index contributed by atoms with van der Waals surface area (Å²) in [5, 5.41) is 0. The summed E-state index contributed by atoms with van der Waals surface area (Å²) in [6.45, 7) is 6.56. The zero-order valence-electron chi connectivity index (χ0n) is 18.6. The van der Waals surface area contributed by atoms with Gasteiger partial charge in [0.15, 0.2) is 11.6 Å². The molecule has 0 atom stereocenters. The van der Waals surface area contributed by atoms with Crippen LogP contribution in [0.5, 0.6) is 11.5 Å². The predicted molar refractivity (Wildman–Crippen MR) is 129 cm³/mol. The zero-order chi connectivity index (χ0) is 25.0. The van der Waals surface area contributed by atoms with E-state index in [1.54, 1.807) is 18.2 Å². The van der Waals surface area contributed by atoms with Gasteiger partial charge in [0, 0.05) is 12.2 Å². The van der Waals surface area contributed by atoms with Crippen molar-refractivity contribution in [2.75, 3.05) is 0 Å². The molecule has 0 aromatic heterocycles. The van der Waals surface area contributed by atoms with Crippen molar-refractivity contribution in [3.8, 4) is 33.8 Å². The van der Waals surface area contributed by atoms with E-state index >= 15 is 0 Å². The summed E-state index contributed by atoms with van der Waals surface area (Å²) in [6.07, 6.45) is 6.52. The summed E-state index contributed by atoms with van der Waals surface area (Å²) in [5.74, 6) is -1.21. The minimum absolute atomic E-state index is 0.00714. The first-order valence-corrected chi connectivity index (χ1v) is 10.3. The van der Waals surface area contributed by atoms with Crippen LogP contribution in [0.25, 0.3) is 22.3 Å². The molecule has 0 amide bonds. The Bertz CT molecular complexity index is 1260. The van der Waals surface area contributed by atoms with E-state index in [1.165, 1.54) is 18.4 Å². The molecule has 0 spiro atoms. The molecule has 6 nitrogen and oxygen atoms in total. The minimum Gasteiger partial charge on any atom is -0.462 e. The number of rotatable bonds is 10. The second-order valence-electron chi connectivity index (χ2n) is 6.81. The first kappa shape index (κ1) is 24.7. The highest BCUT2D eigenvalue weighted by molar-refractivity contribution is 5.82. The monoisotopic (exact) mass is 472 g/mol. The van der Waals surface area contributed by atoms with E-state index in [2.05, 4.69) is 22.6 Å². The number of carbonyl (C=O) groups excluding carboxylic acids is 2. The van der Waals surface area contributed by atoms with Crippen LogP contribution in [0.2, 0.25) is 0 Å². The summed E-state index contributed by atoms with van der Waals surface area (Å²) in [5.41, 5.74) is 3.44. The highest BCUT2D eigenvalue weighted by atomic mass is 19.1. The highest BCUT2D eigenvalue weighted by Gasteiger charge is 2.07. The van der Waals surface area contributed by atoms with Crippen molar-refractivity contribution < 1.29 is 32.9 Å². The second kappa shape index (κ2) is 12.4. The average Bonchev–Trinajstić information content (AvgIpc) is 2.90. The molecule has 0 aliphatic rings. The lowest BCUT2D eigenvalue weighted by Crippen LogP contribution is -1.94. The molecule has 0 saturated heterocycles. The normalized spacial score (nSPS) is 10.7. The second-order valence-corrected chi connectivity index (χ2v) is 6.81. The fourth-order valence-electron chi connectivity index (χ4n) is 2.85.